The van der Waals surface area contributed by atoms with E-state index in [1.807, 2.05) is 51.1 Å². The van der Waals surface area contributed by atoms with Gasteiger partial charge in [-0.3, -0.25) is 4.79 Å². The van der Waals surface area contributed by atoms with Crippen LogP contribution in [0.4, 0.5) is 13.2 Å². The van der Waals surface area contributed by atoms with Gasteiger partial charge in [-0.15, -0.1) is 0 Å². The third-order valence-corrected chi connectivity index (χ3v) is 14.1. The fraction of sp³-hybridized carbons (Fsp3) is 0.533. The first-order chi connectivity index (χ1) is 18.4. The highest BCUT2D eigenvalue weighted by Gasteiger charge is 2.65. The summed E-state index contributed by atoms with van der Waals surface area (Å²) >= 11 is 0. The molecular formula is C30H37F3O5Si. The minimum Gasteiger partial charge on any atom is -0.478 e. The highest BCUT2D eigenvalue weighted by Crippen LogP contribution is 2.58. The number of aliphatic hydroxyl groups excluding tert-OH is 1. The summed E-state index contributed by atoms with van der Waals surface area (Å²) in [5, 5.41) is 21.0. The molecule has 2 N–H and O–H groups in total. The molecule has 39 heavy (non-hydrogen) atoms. The molecule has 5 nitrogen and oxygen atoms in total. The maximum Gasteiger partial charge on any atom is 0.416 e. The summed E-state index contributed by atoms with van der Waals surface area (Å²) in [5.74, 6) is -2.58. The van der Waals surface area contributed by atoms with E-state index in [1.54, 1.807) is 6.07 Å². The number of fused-ring (bicyclic) bond motifs is 3. The molecular weight excluding hydrogens is 525 g/mol. The van der Waals surface area contributed by atoms with Gasteiger partial charge in [-0.25, -0.2) is 4.79 Å². The molecule has 2 aliphatic carbocycles. The van der Waals surface area contributed by atoms with Crippen LogP contribution in [-0.2, 0) is 16.3 Å². The third-order valence-electron chi connectivity index (χ3n) is 9.42. The molecule has 0 aromatic heterocycles. The quantitative estimate of drug-likeness (QED) is 0.341. The second kappa shape index (κ2) is 10.8. The number of rotatable bonds is 8. The van der Waals surface area contributed by atoms with Crippen molar-refractivity contribution < 1.29 is 37.4 Å². The van der Waals surface area contributed by atoms with E-state index in [0.29, 0.717) is 30.1 Å². The van der Waals surface area contributed by atoms with E-state index >= 15 is 13.2 Å². The number of ketones is 1. The lowest BCUT2D eigenvalue weighted by Crippen LogP contribution is -2.62. The standard InChI is InChI=1S/C30H37F3O5Si/c1-4-39(5-2,6-3)38-29(30(31,32)33)15-14-28(18-20-10-8-7-9-11-20)23-13-12-21(27(36)37)16-22(23)25(34)17-26(35)24(28)19-29/h7-13,16,24,26,35H,4-6,14-15,17-19H2,1-3H3,(H,36,37)/t24-,26?,28+,29+/m0/s1. The van der Waals surface area contributed by atoms with Gasteiger partial charge in [-0.05, 0) is 73.0 Å². The highest BCUT2D eigenvalue weighted by molar-refractivity contribution is 6.73. The molecule has 0 saturated heterocycles. The van der Waals surface area contributed by atoms with Crippen molar-refractivity contribution in [1.82, 2.24) is 0 Å². The Morgan fingerprint density at radius 2 is 1.69 bits per heavy atom. The van der Waals surface area contributed by atoms with E-state index in [2.05, 4.69) is 0 Å². The van der Waals surface area contributed by atoms with Gasteiger partial charge in [0.2, 0.25) is 0 Å². The summed E-state index contributed by atoms with van der Waals surface area (Å²) < 4.78 is 51.5. The zero-order valence-electron chi connectivity index (χ0n) is 22.7. The van der Waals surface area contributed by atoms with E-state index < -0.39 is 55.7 Å². The SMILES string of the molecule is CC[Si](CC)(CC)O[C@]1(C(F)(F)F)CC[C@@]2(Cc3ccccc3)c3ccc(C(=O)O)cc3C(=O)CC(O)[C@@H]2C1. The molecule has 0 radical (unpaired) electrons. The molecule has 2 aliphatic rings. The third kappa shape index (κ3) is 5.21. The molecule has 0 spiro atoms. The first-order valence-electron chi connectivity index (χ1n) is 13.8. The lowest BCUT2D eigenvalue weighted by Gasteiger charge is -2.55. The van der Waals surface area contributed by atoms with Crippen LogP contribution in [0.3, 0.4) is 0 Å². The van der Waals surface area contributed by atoms with E-state index in [1.165, 1.54) is 12.1 Å². The molecule has 2 aromatic rings. The number of hydrogen-bond donors (Lipinski definition) is 2. The van der Waals surface area contributed by atoms with Crippen LogP contribution in [0.2, 0.25) is 18.1 Å². The average molecular weight is 563 g/mol. The van der Waals surface area contributed by atoms with Crippen molar-refractivity contribution in [2.45, 2.75) is 94.3 Å². The van der Waals surface area contributed by atoms with Crippen molar-refractivity contribution in [2.75, 3.05) is 0 Å². The van der Waals surface area contributed by atoms with Gasteiger partial charge in [-0.1, -0.05) is 57.2 Å². The number of carboxylic acid groups (broad SMARTS) is 1. The van der Waals surface area contributed by atoms with Crippen molar-refractivity contribution >= 4 is 20.1 Å². The summed E-state index contributed by atoms with van der Waals surface area (Å²) in [4.78, 5) is 25.1. The highest BCUT2D eigenvalue weighted by atomic mass is 28.4. The van der Waals surface area contributed by atoms with Crippen LogP contribution in [0, 0.1) is 5.92 Å². The number of halogens is 3. The number of hydrogen-bond acceptors (Lipinski definition) is 4. The van der Waals surface area contributed by atoms with Crippen LogP contribution in [0.25, 0.3) is 0 Å². The summed E-state index contributed by atoms with van der Waals surface area (Å²) in [5.41, 5.74) is -1.93. The van der Waals surface area contributed by atoms with Crippen LogP contribution in [0.1, 0.15) is 78.3 Å². The Hall–Kier alpha value is -2.49. The van der Waals surface area contributed by atoms with E-state index in [-0.39, 0.29) is 30.4 Å². The first kappa shape index (κ1) is 29.5. The Morgan fingerprint density at radius 1 is 1.05 bits per heavy atom. The fourth-order valence-electron chi connectivity index (χ4n) is 6.95. The van der Waals surface area contributed by atoms with Gasteiger partial charge >= 0.3 is 12.1 Å². The van der Waals surface area contributed by atoms with Gasteiger partial charge in [-0.2, -0.15) is 13.2 Å². The molecule has 0 bridgehead atoms. The summed E-state index contributed by atoms with van der Waals surface area (Å²) in [7, 11) is -2.72. The Kier molecular flexibility index (Phi) is 8.18. The Morgan fingerprint density at radius 3 is 2.26 bits per heavy atom. The predicted molar refractivity (Wildman–Crippen MR) is 145 cm³/mol. The molecule has 9 heteroatoms. The minimum absolute atomic E-state index is 0.0391. The molecule has 4 rings (SSSR count). The Bertz CT molecular complexity index is 1200. The van der Waals surface area contributed by atoms with Crippen molar-refractivity contribution in [3.05, 3.63) is 70.8 Å². The molecule has 1 unspecified atom stereocenters. The summed E-state index contributed by atoms with van der Waals surface area (Å²) in [6.45, 7) is 5.67. The lowest BCUT2D eigenvalue weighted by atomic mass is 9.55. The summed E-state index contributed by atoms with van der Waals surface area (Å²) in [6.07, 6.45) is -6.76. The van der Waals surface area contributed by atoms with Gasteiger partial charge in [0.25, 0.3) is 0 Å². The van der Waals surface area contributed by atoms with Crippen LogP contribution in [0.15, 0.2) is 48.5 Å². The van der Waals surface area contributed by atoms with Gasteiger partial charge < -0.3 is 14.6 Å². The molecule has 0 amide bonds. The van der Waals surface area contributed by atoms with Gasteiger partial charge in [0, 0.05) is 17.4 Å². The number of alkyl halides is 3. The largest absolute Gasteiger partial charge is 0.478 e. The molecule has 1 fully saturated rings. The van der Waals surface area contributed by atoms with Crippen molar-refractivity contribution in [2.24, 2.45) is 5.92 Å². The monoisotopic (exact) mass is 562 g/mol. The fourth-order valence-corrected chi connectivity index (χ4v) is 10.0. The van der Waals surface area contributed by atoms with Crippen molar-refractivity contribution in [3.8, 4) is 0 Å². The maximum absolute atomic E-state index is 15.1. The van der Waals surface area contributed by atoms with Crippen LogP contribution < -0.4 is 0 Å². The normalized spacial score (nSPS) is 27.4. The van der Waals surface area contributed by atoms with Crippen molar-refractivity contribution in [3.63, 3.8) is 0 Å². The molecule has 2 aromatic carbocycles. The van der Waals surface area contributed by atoms with Gasteiger partial charge in [0.15, 0.2) is 19.7 Å². The molecule has 0 heterocycles. The average Bonchev–Trinajstić information content (AvgIpc) is 2.99. The van der Waals surface area contributed by atoms with Crippen LogP contribution in [0.5, 0.6) is 0 Å². The second-order valence-corrected chi connectivity index (χ2v) is 15.9. The molecule has 4 atom stereocenters. The number of aromatic carboxylic acids is 1. The predicted octanol–water partition coefficient (Wildman–Crippen LogP) is 6.94. The van der Waals surface area contributed by atoms with E-state index in [4.69, 9.17) is 4.43 Å². The number of benzene rings is 2. The molecule has 0 aliphatic heterocycles. The smallest absolute Gasteiger partial charge is 0.416 e. The second-order valence-electron chi connectivity index (χ2n) is 11.2. The first-order valence-corrected chi connectivity index (χ1v) is 16.3. The van der Waals surface area contributed by atoms with Gasteiger partial charge in [0.1, 0.15) is 0 Å². The zero-order valence-corrected chi connectivity index (χ0v) is 23.7. The number of carboxylic acids is 1. The minimum atomic E-state index is -4.66. The topological polar surface area (TPSA) is 83.8 Å². The Balaban J connectivity index is 1.92. The Labute approximate surface area is 228 Å². The van der Waals surface area contributed by atoms with Crippen molar-refractivity contribution in [1.29, 1.82) is 0 Å². The van der Waals surface area contributed by atoms with E-state index in [9.17, 15) is 19.8 Å². The number of Topliss-reactive ketones (excluding diaryl/α,β-unsaturated/α-hetero) is 1. The van der Waals surface area contributed by atoms with E-state index in [0.717, 1.165) is 5.56 Å². The molecule has 1 saturated carbocycles. The molecule has 212 valence electrons. The maximum atomic E-state index is 15.1. The van der Waals surface area contributed by atoms with Gasteiger partial charge in [0.05, 0.1) is 11.7 Å². The zero-order chi connectivity index (χ0) is 28.6. The van der Waals surface area contributed by atoms with Crippen LogP contribution in [-0.4, -0.2) is 48.2 Å². The summed E-state index contributed by atoms with van der Waals surface area (Å²) in [6, 6.07) is 15.3. The number of carbonyl (C=O) groups is 2. The number of carbonyl (C=O) groups excluding carboxylic acids is 1. The number of aliphatic hydroxyl groups is 1. The van der Waals surface area contributed by atoms with Crippen LogP contribution >= 0.6 is 0 Å². The lowest BCUT2D eigenvalue weighted by molar-refractivity contribution is -0.275.